The van der Waals surface area contributed by atoms with Gasteiger partial charge < -0.3 is 74.7 Å². The summed E-state index contributed by atoms with van der Waals surface area (Å²) in [5.74, 6) is 0. The third-order valence-corrected chi connectivity index (χ3v) is 4.79. The second kappa shape index (κ2) is 113. The molecule has 15 heteroatoms. The minimum Gasteiger partial charge on any atom is -0.396 e. The molecule has 0 aromatic carbocycles. The van der Waals surface area contributed by atoms with Crippen LogP contribution in [0.5, 0.6) is 0 Å². The number of ether oxygens (including phenoxy) is 5. The minimum absolute atomic E-state index is 0. The van der Waals surface area contributed by atoms with Gasteiger partial charge in [0.2, 0.25) is 0 Å². The summed E-state index contributed by atoms with van der Waals surface area (Å²) in [6, 6.07) is 0. The highest BCUT2D eigenvalue weighted by atomic mass is 16.6. The molecule has 424 valence electrons. The molecule has 0 aliphatic carbocycles. The topological polar surface area (TPSA) is 248 Å². The predicted molar refractivity (Wildman–Crippen MR) is 292 cm³/mol. The van der Waals surface area contributed by atoms with Gasteiger partial charge in [0.15, 0.2) is 0 Å². The average Bonchev–Trinajstić information content (AvgIpc) is 2.96. The Morgan fingerprint density at radius 3 is 0.484 bits per heavy atom. The lowest BCUT2D eigenvalue weighted by Gasteiger charge is -2.27. The molecular formula is C47H146O15. The molecule has 0 unspecified atom stereocenters. The van der Waals surface area contributed by atoms with Crippen LogP contribution in [0.4, 0.5) is 0 Å². The van der Waals surface area contributed by atoms with Crippen molar-refractivity contribution in [2.24, 2.45) is 21.7 Å². The fourth-order valence-electron chi connectivity index (χ4n) is 1.89. The molecule has 0 aliphatic heterocycles. The average molecular weight is 952 g/mol. The lowest BCUT2D eigenvalue weighted by molar-refractivity contribution is -0.126. The Morgan fingerprint density at radius 1 is 0.226 bits per heavy atom. The summed E-state index contributed by atoms with van der Waals surface area (Å²) in [5, 5.41) is 84.4. The first kappa shape index (κ1) is 179. The van der Waals surface area contributed by atoms with Crippen LogP contribution in [0.3, 0.4) is 0 Å². The number of hydrogen-bond acceptors (Lipinski definition) is 15. The summed E-state index contributed by atoms with van der Waals surface area (Å²) in [4.78, 5) is 0. The number of rotatable bonds is 20. The van der Waals surface area contributed by atoms with Crippen LogP contribution in [-0.4, -0.2) is 151 Å². The van der Waals surface area contributed by atoms with Crippen molar-refractivity contribution in [1.29, 1.82) is 0 Å². The first-order chi connectivity index (χ1) is 18.6. The van der Waals surface area contributed by atoms with E-state index in [1.165, 1.54) is 0 Å². The van der Waals surface area contributed by atoms with Crippen LogP contribution >= 0.6 is 0 Å². The Bertz CT molecular complexity index is 468. The van der Waals surface area contributed by atoms with Gasteiger partial charge in [0.1, 0.15) is 34.0 Å². The molecule has 0 atom stereocenters. The number of hydrogen-bond donors (Lipinski definition) is 10. The monoisotopic (exact) mass is 951 g/mol. The van der Waals surface area contributed by atoms with Gasteiger partial charge in [-0.1, -0.05) is 205 Å². The van der Waals surface area contributed by atoms with Gasteiger partial charge in [0.05, 0.1) is 66.1 Å². The van der Waals surface area contributed by atoms with Gasteiger partial charge in [-0.15, -0.1) is 0 Å². The maximum Gasteiger partial charge on any atom is 0.143 e. The van der Waals surface area contributed by atoms with Gasteiger partial charge in [0, 0.05) is 21.7 Å². The molecule has 0 saturated heterocycles. The molecule has 0 heterocycles. The zero-order chi connectivity index (χ0) is 32.1. The van der Waals surface area contributed by atoms with Crippen molar-refractivity contribution in [3.63, 3.8) is 0 Å². The van der Waals surface area contributed by atoms with Gasteiger partial charge in [-0.25, -0.2) is 0 Å². The van der Waals surface area contributed by atoms with Crippen molar-refractivity contribution in [3.8, 4) is 0 Å². The molecule has 0 aromatic rings. The van der Waals surface area contributed by atoms with E-state index in [1.807, 2.05) is 13.8 Å². The van der Waals surface area contributed by atoms with Crippen molar-refractivity contribution in [1.82, 2.24) is 0 Å². The fourth-order valence-corrected chi connectivity index (χ4v) is 1.89. The third kappa shape index (κ3) is 131. The SMILES string of the molecule is C.C.C.C.C.C.C.C.C.C.C.C.C.C.C.C.C.C.C.C.C.C.CC(C)(CO)CO.CC(C)(COCO)COCO.CC(CO)(CO)CO.CC(COCO)(COCO)COCO. The molecule has 0 saturated carbocycles. The summed E-state index contributed by atoms with van der Waals surface area (Å²) < 4.78 is 24.1. The van der Waals surface area contributed by atoms with Crippen LogP contribution in [0.25, 0.3) is 0 Å². The summed E-state index contributed by atoms with van der Waals surface area (Å²) in [7, 11) is 0. The van der Waals surface area contributed by atoms with E-state index in [2.05, 4.69) is 0 Å². The molecule has 62 heavy (non-hydrogen) atoms. The van der Waals surface area contributed by atoms with E-state index in [1.54, 1.807) is 27.7 Å². The van der Waals surface area contributed by atoms with E-state index in [0.29, 0.717) is 13.2 Å². The maximum absolute atomic E-state index is 8.48. The Labute approximate surface area is 400 Å². The molecular weight excluding hydrogens is 805 g/mol. The van der Waals surface area contributed by atoms with Crippen molar-refractivity contribution in [2.75, 3.05) is 100 Å². The van der Waals surface area contributed by atoms with Crippen LogP contribution < -0.4 is 0 Å². The molecule has 0 fully saturated rings. The minimum atomic E-state index is -0.708. The standard InChI is InChI=1S/C8H18O6.C7H16O4.C5H12O3.C5H12O2.22CH4/c1-8(2-12-5-9,3-13-6-10)4-14-7-11;1-7(2,3-10-5-8)4-11-6-9;1-5(2-6,3-7)4-8;1-5(2,3-6)4-7;;;;;;;;;;;;;;;;;;;;;;/h9-11H,2-7H2,1H3;8-9H,3-6H2,1-2H3;6-8H,2-4H2,1H3;6-7H,3-4H2,1-2H3;22*1H4. The summed E-state index contributed by atoms with van der Waals surface area (Å²) in [5.41, 5.74) is -1.67. The fraction of sp³-hybridized carbons (Fsp3) is 1.00. The third-order valence-electron chi connectivity index (χ3n) is 4.79. The largest absolute Gasteiger partial charge is 0.396 e. The normalized spacial score (nSPS) is 7.74. The lowest BCUT2D eigenvalue weighted by atomic mass is 9.94. The van der Waals surface area contributed by atoms with Crippen molar-refractivity contribution < 1.29 is 74.7 Å². The summed E-state index contributed by atoms with van der Waals surface area (Å²) >= 11 is 0. The summed E-state index contributed by atoms with van der Waals surface area (Å²) in [6.45, 7) is 10.2. The van der Waals surface area contributed by atoms with E-state index in [-0.39, 0.29) is 261 Å². The lowest BCUT2D eigenvalue weighted by Crippen LogP contribution is -2.34. The highest BCUT2D eigenvalue weighted by Gasteiger charge is 2.25. The first-order valence-electron chi connectivity index (χ1n) is 12.6. The Morgan fingerprint density at radius 2 is 0.387 bits per heavy atom. The van der Waals surface area contributed by atoms with E-state index >= 15 is 0 Å². The smallest absolute Gasteiger partial charge is 0.143 e. The van der Waals surface area contributed by atoms with Crippen LogP contribution in [0.15, 0.2) is 0 Å². The van der Waals surface area contributed by atoms with Crippen molar-refractivity contribution in [2.45, 2.75) is 205 Å². The maximum atomic E-state index is 8.48. The quantitative estimate of drug-likeness (QED) is 0.0510. The van der Waals surface area contributed by atoms with E-state index in [4.69, 9.17) is 74.7 Å². The molecule has 10 N–H and O–H groups in total. The van der Waals surface area contributed by atoms with Crippen molar-refractivity contribution in [3.05, 3.63) is 0 Å². The van der Waals surface area contributed by atoms with Crippen LogP contribution in [-0.2, 0) is 23.7 Å². The van der Waals surface area contributed by atoms with Gasteiger partial charge in [-0.3, -0.25) is 0 Å². The molecule has 0 bridgehead atoms. The van der Waals surface area contributed by atoms with Gasteiger partial charge in [0.25, 0.3) is 0 Å². The highest BCUT2D eigenvalue weighted by Crippen LogP contribution is 2.18. The van der Waals surface area contributed by atoms with E-state index < -0.39 is 10.8 Å². The highest BCUT2D eigenvalue weighted by molar-refractivity contribution is 4.73. The summed E-state index contributed by atoms with van der Waals surface area (Å²) in [6.07, 6.45) is 0. The Kier molecular flexibility index (Phi) is 326. The van der Waals surface area contributed by atoms with Crippen LogP contribution in [0.2, 0.25) is 0 Å². The van der Waals surface area contributed by atoms with E-state index in [0.717, 1.165) is 0 Å². The number of aliphatic hydroxyl groups is 10. The Balaban J connectivity index is -0.0000000106. The second-order valence-corrected chi connectivity index (χ2v) is 11.1. The molecule has 0 amide bonds. The molecule has 0 rings (SSSR count). The molecule has 0 aliphatic rings. The zero-order valence-electron chi connectivity index (χ0n) is 25.1. The number of aliphatic hydroxyl groups excluding tert-OH is 10. The second-order valence-electron chi connectivity index (χ2n) is 11.1. The van der Waals surface area contributed by atoms with Crippen LogP contribution in [0, 0.1) is 21.7 Å². The predicted octanol–water partition coefficient (Wildman–Crippen LogP) is 11.8. The van der Waals surface area contributed by atoms with E-state index in [9.17, 15) is 0 Å². The Hall–Kier alpha value is -0.600. The van der Waals surface area contributed by atoms with Crippen LogP contribution in [0.1, 0.15) is 205 Å². The van der Waals surface area contributed by atoms with Gasteiger partial charge in [-0.2, -0.15) is 0 Å². The van der Waals surface area contributed by atoms with Gasteiger partial charge in [-0.05, 0) is 0 Å². The zero-order valence-corrected chi connectivity index (χ0v) is 25.1. The first-order valence-corrected chi connectivity index (χ1v) is 12.6. The molecule has 0 spiro atoms. The molecule has 0 radical (unpaired) electrons. The van der Waals surface area contributed by atoms with Crippen molar-refractivity contribution >= 4 is 0 Å². The van der Waals surface area contributed by atoms with Gasteiger partial charge >= 0.3 is 0 Å². The molecule has 0 aromatic heterocycles. The molecule has 15 nitrogen and oxygen atoms in total.